The van der Waals surface area contributed by atoms with Crippen LogP contribution in [0.4, 0.5) is 10.5 Å². The summed E-state index contributed by atoms with van der Waals surface area (Å²) in [6.45, 7) is 6.26. The second-order valence-corrected chi connectivity index (χ2v) is 6.72. The number of urea groups is 1. The molecule has 134 valence electrons. The first kappa shape index (κ1) is 18.6. The molecule has 0 bridgehead atoms. The largest absolute Gasteiger partial charge is 0.488 e. The molecule has 1 aromatic rings. The molecular weight excluding hydrogens is 304 g/mol. The lowest BCUT2D eigenvalue weighted by atomic mass is 10.2. The van der Waals surface area contributed by atoms with E-state index in [4.69, 9.17) is 9.47 Å². The molecule has 24 heavy (non-hydrogen) atoms. The van der Waals surface area contributed by atoms with Gasteiger partial charge >= 0.3 is 6.03 Å². The molecule has 2 rings (SSSR count). The molecule has 0 aromatic heterocycles. The van der Waals surface area contributed by atoms with Crippen LogP contribution < -0.4 is 15.4 Å². The van der Waals surface area contributed by atoms with E-state index in [2.05, 4.69) is 24.5 Å². The van der Waals surface area contributed by atoms with Gasteiger partial charge in [0.1, 0.15) is 5.75 Å². The topological polar surface area (TPSA) is 59.6 Å². The minimum atomic E-state index is -0.207. The van der Waals surface area contributed by atoms with Crippen LogP contribution in [-0.4, -0.2) is 31.9 Å². The second-order valence-electron chi connectivity index (χ2n) is 6.72. The van der Waals surface area contributed by atoms with Gasteiger partial charge in [-0.05, 0) is 50.2 Å². The van der Waals surface area contributed by atoms with Crippen LogP contribution in [0.5, 0.6) is 5.75 Å². The molecule has 2 amide bonds. The van der Waals surface area contributed by atoms with Crippen molar-refractivity contribution < 1.29 is 14.3 Å². The van der Waals surface area contributed by atoms with Crippen LogP contribution in [0.3, 0.4) is 0 Å². The number of hydrogen-bond donors (Lipinski definition) is 2. The molecule has 0 unspecified atom stereocenters. The van der Waals surface area contributed by atoms with Crippen molar-refractivity contribution in [1.82, 2.24) is 5.32 Å². The number of para-hydroxylation sites is 2. The fraction of sp³-hybridized carbons (Fsp3) is 0.632. The Kier molecular flexibility index (Phi) is 7.89. The molecular formula is C19H30N2O3. The van der Waals surface area contributed by atoms with Gasteiger partial charge in [0.25, 0.3) is 0 Å². The van der Waals surface area contributed by atoms with Gasteiger partial charge in [-0.3, -0.25) is 0 Å². The smallest absolute Gasteiger partial charge is 0.319 e. The van der Waals surface area contributed by atoms with Crippen molar-refractivity contribution in [3.8, 4) is 5.75 Å². The standard InChI is InChI=1S/C19H30N2O3/c1-15(2)14-23-13-7-12-20-19(22)21-17-10-5-6-11-18(17)24-16-8-3-4-9-16/h5-6,10-11,15-16H,3-4,7-9,12-14H2,1-2H3,(H2,20,21,22). The first-order valence-corrected chi connectivity index (χ1v) is 9.03. The van der Waals surface area contributed by atoms with E-state index in [1.54, 1.807) is 0 Å². The highest BCUT2D eigenvalue weighted by Crippen LogP contribution is 2.29. The van der Waals surface area contributed by atoms with Gasteiger partial charge in [-0.25, -0.2) is 4.79 Å². The molecule has 0 atom stereocenters. The van der Waals surface area contributed by atoms with Crippen LogP contribution in [0, 0.1) is 5.92 Å². The molecule has 0 heterocycles. The van der Waals surface area contributed by atoms with Crippen LogP contribution >= 0.6 is 0 Å². The predicted molar refractivity (Wildman–Crippen MR) is 96.6 cm³/mol. The van der Waals surface area contributed by atoms with Crippen molar-refractivity contribution in [3.05, 3.63) is 24.3 Å². The summed E-state index contributed by atoms with van der Waals surface area (Å²) in [5.41, 5.74) is 0.720. The average molecular weight is 334 g/mol. The van der Waals surface area contributed by atoms with E-state index in [1.165, 1.54) is 12.8 Å². The van der Waals surface area contributed by atoms with Crippen molar-refractivity contribution in [1.29, 1.82) is 0 Å². The Labute approximate surface area is 145 Å². The molecule has 5 heteroatoms. The first-order chi connectivity index (χ1) is 11.6. The number of benzene rings is 1. The minimum absolute atomic E-state index is 0.207. The zero-order valence-electron chi connectivity index (χ0n) is 14.8. The molecule has 5 nitrogen and oxygen atoms in total. The van der Waals surface area contributed by atoms with E-state index in [0.29, 0.717) is 19.1 Å². The summed E-state index contributed by atoms with van der Waals surface area (Å²) >= 11 is 0. The third kappa shape index (κ3) is 6.79. The summed E-state index contributed by atoms with van der Waals surface area (Å²) in [6.07, 6.45) is 5.71. The van der Waals surface area contributed by atoms with E-state index in [9.17, 15) is 4.79 Å². The number of hydrogen-bond acceptors (Lipinski definition) is 3. The van der Waals surface area contributed by atoms with Crippen molar-refractivity contribution in [3.63, 3.8) is 0 Å². The van der Waals surface area contributed by atoms with Gasteiger partial charge in [-0.15, -0.1) is 0 Å². The molecule has 0 spiro atoms. The highest BCUT2D eigenvalue weighted by atomic mass is 16.5. The Hall–Kier alpha value is -1.75. The normalized spacial score (nSPS) is 14.8. The second kappa shape index (κ2) is 10.2. The van der Waals surface area contributed by atoms with Crippen molar-refractivity contribution in [2.45, 2.75) is 52.1 Å². The van der Waals surface area contributed by atoms with Crippen LogP contribution in [0.25, 0.3) is 0 Å². The lowest BCUT2D eigenvalue weighted by molar-refractivity contribution is 0.108. The molecule has 1 aliphatic rings. The minimum Gasteiger partial charge on any atom is -0.488 e. The molecule has 1 saturated carbocycles. The summed E-state index contributed by atoms with van der Waals surface area (Å²) < 4.78 is 11.5. The molecule has 1 aliphatic carbocycles. The van der Waals surface area contributed by atoms with E-state index in [1.807, 2.05) is 24.3 Å². The van der Waals surface area contributed by atoms with E-state index < -0.39 is 0 Å². The lowest BCUT2D eigenvalue weighted by Crippen LogP contribution is -2.30. The van der Waals surface area contributed by atoms with E-state index >= 15 is 0 Å². The van der Waals surface area contributed by atoms with Gasteiger partial charge in [0.2, 0.25) is 0 Å². The highest BCUT2D eigenvalue weighted by Gasteiger charge is 2.18. The quantitative estimate of drug-likeness (QED) is 0.666. The maximum absolute atomic E-state index is 12.0. The number of rotatable bonds is 9. The third-order valence-corrected chi connectivity index (χ3v) is 3.93. The lowest BCUT2D eigenvalue weighted by Gasteiger charge is -2.17. The fourth-order valence-electron chi connectivity index (χ4n) is 2.72. The summed E-state index contributed by atoms with van der Waals surface area (Å²) in [5, 5.41) is 5.73. The van der Waals surface area contributed by atoms with Gasteiger partial charge in [-0.1, -0.05) is 26.0 Å². The zero-order valence-corrected chi connectivity index (χ0v) is 14.8. The molecule has 0 aliphatic heterocycles. The number of ether oxygens (including phenoxy) is 2. The van der Waals surface area contributed by atoms with Crippen molar-refractivity contribution in [2.75, 3.05) is 25.1 Å². The molecule has 2 N–H and O–H groups in total. The van der Waals surface area contributed by atoms with Gasteiger partial charge in [0, 0.05) is 19.8 Å². The Morgan fingerprint density at radius 1 is 1.25 bits per heavy atom. The summed E-state index contributed by atoms with van der Waals surface area (Å²) in [6, 6.07) is 7.40. The van der Waals surface area contributed by atoms with Crippen molar-refractivity contribution >= 4 is 11.7 Å². The monoisotopic (exact) mass is 334 g/mol. The van der Waals surface area contributed by atoms with Crippen LogP contribution in [0.1, 0.15) is 46.0 Å². The zero-order chi connectivity index (χ0) is 17.2. The summed E-state index contributed by atoms with van der Waals surface area (Å²) in [7, 11) is 0. The number of carbonyl (C=O) groups excluding carboxylic acids is 1. The first-order valence-electron chi connectivity index (χ1n) is 9.03. The SMILES string of the molecule is CC(C)COCCCNC(=O)Nc1ccccc1OC1CCCC1. The van der Waals surface area contributed by atoms with E-state index in [-0.39, 0.29) is 12.1 Å². The maximum Gasteiger partial charge on any atom is 0.319 e. The van der Waals surface area contributed by atoms with Crippen molar-refractivity contribution in [2.24, 2.45) is 5.92 Å². The molecule has 0 radical (unpaired) electrons. The van der Waals surface area contributed by atoms with Crippen LogP contribution in [0.15, 0.2) is 24.3 Å². The Bertz CT molecular complexity index is 499. The Morgan fingerprint density at radius 2 is 2.00 bits per heavy atom. The molecule has 1 fully saturated rings. The van der Waals surface area contributed by atoms with Crippen LogP contribution in [0.2, 0.25) is 0 Å². The number of anilines is 1. The Balaban J connectivity index is 1.71. The van der Waals surface area contributed by atoms with Gasteiger partial charge in [-0.2, -0.15) is 0 Å². The number of carbonyl (C=O) groups is 1. The number of nitrogens with one attached hydrogen (secondary N) is 2. The summed E-state index contributed by atoms with van der Waals surface area (Å²) in [4.78, 5) is 12.0. The molecule has 1 aromatic carbocycles. The third-order valence-electron chi connectivity index (χ3n) is 3.93. The fourth-order valence-corrected chi connectivity index (χ4v) is 2.72. The van der Waals surface area contributed by atoms with Crippen LogP contribution in [-0.2, 0) is 4.74 Å². The van der Waals surface area contributed by atoms with E-state index in [0.717, 1.165) is 37.3 Å². The maximum atomic E-state index is 12.0. The molecule has 0 saturated heterocycles. The number of amides is 2. The Morgan fingerprint density at radius 3 is 2.75 bits per heavy atom. The highest BCUT2D eigenvalue weighted by molar-refractivity contribution is 5.90. The average Bonchev–Trinajstić information content (AvgIpc) is 3.05. The van der Waals surface area contributed by atoms with Gasteiger partial charge in [0.15, 0.2) is 0 Å². The van der Waals surface area contributed by atoms with Gasteiger partial charge in [0.05, 0.1) is 11.8 Å². The summed E-state index contributed by atoms with van der Waals surface area (Å²) in [5.74, 6) is 1.29. The predicted octanol–water partition coefficient (Wildman–Crippen LogP) is 4.19. The van der Waals surface area contributed by atoms with Gasteiger partial charge < -0.3 is 20.1 Å².